The van der Waals surface area contributed by atoms with Crippen LogP contribution in [0.5, 0.6) is 0 Å². The Morgan fingerprint density at radius 1 is 1.09 bits per heavy atom. The second-order valence-electron chi connectivity index (χ2n) is 8.11. The number of methoxy groups -OCH3 is 1. The summed E-state index contributed by atoms with van der Waals surface area (Å²) in [6, 6.07) is 7.75. The summed E-state index contributed by atoms with van der Waals surface area (Å²) < 4.78 is 36.1. The smallest absolute Gasteiger partial charge is 0.340 e. The van der Waals surface area contributed by atoms with Gasteiger partial charge < -0.3 is 10.1 Å². The molecule has 0 saturated heterocycles. The van der Waals surface area contributed by atoms with Crippen LogP contribution < -0.4 is 5.32 Å². The summed E-state index contributed by atoms with van der Waals surface area (Å²) in [5, 5.41) is 3.06. The lowest BCUT2D eigenvalue weighted by Gasteiger charge is -2.22. The van der Waals surface area contributed by atoms with Crippen molar-refractivity contribution in [3.8, 4) is 11.1 Å². The lowest BCUT2D eigenvalue weighted by molar-refractivity contribution is 0.0601. The Morgan fingerprint density at radius 2 is 1.79 bits per heavy atom. The molecule has 1 N–H and O–H groups in total. The van der Waals surface area contributed by atoms with Crippen LogP contribution >= 0.6 is 11.6 Å². The molecule has 0 aliphatic heterocycles. The number of ether oxygens (including phenoxy) is 1. The van der Waals surface area contributed by atoms with Gasteiger partial charge in [-0.1, -0.05) is 51.4 Å². The van der Waals surface area contributed by atoms with Gasteiger partial charge in [0.15, 0.2) is 5.82 Å². The number of esters is 1. The van der Waals surface area contributed by atoms with Crippen LogP contribution in [0.1, 0.15) is 67.2 Å². The first kappa shape index (κ1) is 25.6. The van der Waals surface area contributed by atoms with Gasteiger partial charge >= 0.3 is 5.97 Å². The van der Waals surface area contributed by atoms with Crippen molar-refractivity contribution >= 4 is 28.9 Å². The SMILES string of the molecule is CCc1ccnc(C(C)CC)c1Nc1c(C(=O)OC)cc(Cl)c(-c2c(F)cccc2CC)c1F. The van der Waals surface area contributed by atoms with E-state index in [4.69, 9.17) is 16.3 Å². The van der Waals surface area contributed by atoms with Gasteiger partial charge in [-0.3, -0.25) is 4.98 Å². The molecule has 7 heteroatoms. The van der Waals surface area contributed by atoms with Crippen molar-refractivity contribution in [2.45, 2.75) is 52.9 Å². The standard InChI is InChI=1S/C27H29ClF2N2O2/c1-6-15(4)24-25(17(8-3)12-13-31-24)32-26-18(27(33)34-5)14-19(28)22(23(26)30)21-16(7-2)10-9-11-20(21)29/h9-15,32H,6-8H2,1-5H3. The third-order valence-electron chi connectivity index (χ3n) is 6.13. The summed E-state index contributed by atoms with van der Waals surface area (Å²) in [5.74, 6) is -2.09. The molecular weight excluding hydrogens is 458 g/mol. The number of nitrogens with one attached hydrogen (secondary N) is 1. The average molecular weight is 487 g/mol. The van der Waals surface area contributed by atoms with Gasteiger partial charge in [-0.25, -0.2) is 13.6 Å². The molecule has 0 amide bonds. The third-order valence-corrected chi connectivity index (χ3v) is 6.43. The molecule has 1 unspecified atom stereocenters. The van der Waals surface area contributed by atoms with Crippen LogP contribution in [0.15, 0.2) is 36.5 Å². The lowest BCUT2D eigenvalue weighted by atomic mass is 9.94. The van der Waals surface area contributed by atoms with Crippen LogP contribution in [0.3, 0.4) is 0 Å². The van der Waals surface area contributed by atoms with Gasteiger partial charge in [-0.15, -0.1) is 0 Å². The molecule has 0 spiro atoms. The summed E-state index contributed by atoms with van der Waals surface area (Å²) in [6.45, 7) is 7.91. The van der Waals surface area contributed by atoms with E-state index in [1.165, 1.54) is 19.2 Å². The van der Waals surface area contributed by atoms with E-state index in [2.05, 4.69) is 10.3 Å². The molecule has 0 aliphatic carbocycles. The number of hydrogen-bond acceptors (Lipinski definition) is 4. The van der Waals surface area contributed by atoms with E-state index in [1.54, 1.807) is 18.3 Å². The Hall–Kier alpha value is -2.99. The fourth-order valence-electron chi connectivity index (χ4n) is 4.04. The number of hydrogen-bond donors (Lipinski definition) is 1. The number of halogens is 3. The Balaban J connectivity index is 2.35. The normalized spacial score (nSPS) is 11.9. The highest BCUT2D eigenvalue weighted by Gasteiger charge is 2.27. The van der Waals surface area contributed by atoms with E-state index in [9.17, 15) is 9.18 Å². The second kappa shape index (κ2) is 11.0. The Bertz CT molecular complexity index is 1210. The zero-order chi connectivity index (χ0) is 25.0. The van der Waals surface area contributed by atoms with Crippen LogP contribution in [-0.2, 0) is 17.6 Å². The molecule has 0 radical (unpaired) electrons. The maximum absolute atomic E-state index is 16.3. The van der Waals surface area contributed by atoms with Crippen molar-refractivity contribution in [3.63, 3.8) is 0 Å². The van der Waals surface area contributed by atoms with Crippen LogP contribution in [-0.4, -0.2) is 18.1 Å². The van der Waals surface area contributed by atoms with Crippen molar-refractivity contribution < 1.29 is 18.3 Å². The number of rotatable bonds is 8. The van der Waals surface area contributed by atoms with E-state index >= 15 is 4.39 Å². The number of carbonyl (C=O) groups excluding carboxylic acids is 1. The quantitative estimate of drug-likeness (QED) is 0.329. The van der Waals surface area contributed by atoms with Gasteiger partial charge in [0.2, 0.25) is 0 Å². The van der Waals surface area contributed by atoms with Crippen molar-refractivity contribution in [3.05, 3.63) is 75.6 Å². The number of anilines is 2. The van der Waals surface area contributed by atoms with Crippen LogP contribution in [0.4, 0.5) is 20.2 Å². The van der Waals surface area contributed by atoms with E-state index in [0.29, 0.717) is 24.1 Å². The van der Waals surface area contributed by atoms with E-state index in [1.807, 2.05) is 33.8 Å². The van der Waals surface area contributed by atoms with Crippen LogP contribution in [0, 0.1) is 11.6 Å². The monoisotopic (exact) mass is 486 g/mol. The lowest BCUT2D eigenvalue weighted by Crippen LogP contribution is -2.12. The minimum Gasteiger partial charge on any atom is -0.465 e. The molecule has 4 nitrogen and oxygen atoms in total. The zero-order valence-corrected chi connectivity index (χ0v) is 20.8. The van der Waals surface area contributed by atoms with Crippen molar-refractivity contribution in [1.29, 1.82) is 0 Å². The molecule has 34 heavy (non-hydrogen) atoms. The fraction of sp³-hybridized carbons (Fsp3) is 0.333. The minimum atomic E-state index is -0.825. The number of aromatic nitrogens is 1. The summed E-state index contributed by atoms with van der Waals surface area (Å²) >= 11 is 6.45. The molecule has 0 bridgehead atoms. The first-order valence-electron chi connectivity index (χ1n) is 11.4. The molecule has 3 rings (SSSR count). The minimum absolute atomic E-state index is 0.0766. The predicted octanol–water partition coefficient (Wildman–Crippen LogP) is 7.85. The van der Waals surface area contributed by atoms with E-state index < -0.39 is 17.6 Å². The topological polar surface area (TPSA) is 51.2 Å². The molecule has 3 aromatic rings. The largest absolute Gasteiger partial charge is 0.465 e. The van der Waals surface area contributed by atoms with E-state index in [0.717, 1.165) is 17.7 Å². The highest BCUT2D eigenvalue weighted by Crippen LogP contribution is 2.42. The maximum atomic E-state index is 16.3. The Kier molecular flexibility index (Phi) is 8.26. The molecule has 1 heterocycles. The molecule has 0 saturated carbocycles. The molecule has 1 atom stereocenters. The van der Waals surface area contributed by atoms with Gasteiger partial charge in [-0.2, -0.15) is 0 Å². The molecule has 2 aromatic carbocycles. The van der Waals surface area contributed by atoms with Crippen molar-refractivity contribution in [1.82, 2.24) is 4.98 Å². The number of aryl methyl sites for hydroxylation is 2. The Morgan fingerprint density at radius 3 is 2.41 bits per heavy atom. The molecule has 0 aliphatic rings. The van der Waals surface area contributed by atoms with Gasteiger partial charge in [0.05, 0.1) is 34.8 Å². The number of nitrogens with zero attached hydrogens (tertiary/aromatic N) is 1. The first-order valence-corrected chi connectivity index (χ1v) is 11.8. The Labute approximate surface area is 204 Å². The zero-order valence-electron chi connectivity index (χ0n) is 20.1. The highest BCUT2D eigenvalue weighted by molar-refractivity contribution is 6.34. The summed E-state index contributed by atoms with van der Waals surface area (Å²) in [5.41, 5.74) is 2.68. The fourth-order valence-corrected chi connectivity index (χ4v) is 4.32. The van der Waals surface area contributed by atoms with Gasteiger partial charge in [-0.05, 0) is 48.6 Å². The van der Waals surface area contributed by atoms with Gasteiger partial charge in [0.1, 0.15) is 5.82 Å². The van der Waals surface area contributed by atoms with Crippen LogP contribution in [0.25, 0.3) is 11.1 Å². The van der Waals surface area contributed by atoms with Crippen molar-refractivity contribution in [2.75, 3.05) is 12.4 Å². The number of benzene rings is 2. The first-order chi connectivity index (χ1) is 16.3. The maximum Gasteiger partial charge on any atom is 0.340 e. The predicted molar refractivity (Wildman–Crippen MR) is 133 cm³/mol. The van der Waals surface area contributed by atoms with Crippen molar-refractivity contribution in [2.24, 2.45) is 0 Å². The third kappa shape index (κ3) is 4.78. The van der Waals surface area contributed by atoms with Crippen LogP contribution in [0.2, 0.25) is 5.02 Å². The summed E-state index contributed by atoms with van der Waals surface area (Å²) in [4.78, 5) is 17.1. The summed E-state index contributed by atoms with van der Waals surface area (Å²) in [7, 11) is 1.21. The van der Waals surface area contributed by atoms with Gasteiger partial charge in [0, 0.05) is 23.2 Å². The average Bonchev–Trinajstić information content (AvgIpc) is 2.85. The molecular formula is C27H29ClF2N2O2. The number of carbonyl (C=O) groups is 1. The highest BCUT2D eigenvalue weighted by atomic mass is 35.5. The van der Waals surface area contributed by atoms with E-state index in [-0.39, 0.29) is 33.3 Å². The summed E-state index contributed by atoms with van der Waals surface area (Å²) in [6.07, 6.45) is 3.69. The molecule has 1 aromatic heterocycles. The van der Waals surface area contributed by atoms with Gasteiger partial charge in [0.25, 0.3) is 0 Å². The molecule has 0 fully saturated rings. The second-order valence-corrected chi connectivity index (χ2v) is 8.51. The molecule has 180 valence electrons. The number of pyridine rings is 1.